The van der Waals surface area contributed by atoms with Crippen LogP contribution < -0.4 is 16.8 Å². The Kier molecular flexibility index (Phi) is 5.66. The van der Waals surface area contributed by atoms with E-state index in [9.17, 15) is 9.59 Å². The minimum atomic E-state index is -0.554. The van der Waals surface area contributed by atoms with E-state index in [0.29, 0.717) is 12.2 Å². The van der Waals surface area contributed by atoms with Crippen LogP contribution in [-0.2, 0) is 11.3 Å². The third-order valence-corrected chi connectivity index (χ3v) is 2.58. The minimum Gasteiger partial charge on any atom is -0.398 e. The van der Waals surface area contributed by atoms with E-state index in [4.69, 9.17) is 11.5 Å². The maximum Gasteiger partial charge on any atom is 0.318 e. The maximum atomic E-state index is 11.9. The molecule has 0 radical (unpaired) electrons. The van der Waals surface area contributed by atoms with Gasteiger partial charge in [0.2, 0.25) is 5.91 Å². The van der Waals surface area contributed by atoms with E-state index in [-0.39, 0.29) is 19.1 Å². The third-order valence-electron chi connectivity index (χ3n) is 2.58. The lowest BCUT2D eigenvalue weighted by molar-refractivity contribution is -0.118. The lowest BCUT2D eigenvalue weighted by atomic mass is 10.1. The Hall–Kier alpha value is -2.24. The van der Waals surface area contributed by atoms with E-state index < -0.39 is 5.91 Å². The summed E-state index contributed by atoms with van der Waals surface area (Å²) in [5.74, 6) is -0.554. The molecule has 3 amide bonds. The number of urea groups is 1. The number of amides is 3. The van der Waals surface area contributed by atoms with Crippen LogP contribution in [0.1, 0.15) is 18.9 Å². The fraction of sp³-hybridized carbons (Fsp3) is 0.385. The van der Waals surface area contributed by atoms with E-state index in [1.54, 1.807) is 6.07 Å². The average molecular weight is 264 g/mol. The number of nitrogens with zero attached hydrogens (tertiary/aromatic N) is 1. The Morgan fingerprint density at radius 3 is 2.58 bits per heavy atom. The lowest BCUT2D eigenvalue weighted by Gasteiger charge is -2.22. The first-order valence-corrected chi connectivity index (χ1v) is 6.19. The van der Waals surface area contributed by atoms with Gasteiger partial charge in [0.15, 0.2) is 0 Å². The van der Waals surface area contributed by atoms with E-state index in [1.807, 2.05) is 25.1 Å². The van der Waals surface area contributed by atoms with Gasteiger partial charge in [-0.3, -0.25) is 4.79 Å². The van der Waals surface area contributed by atoms with Gasteiger partial charge in [0.25, 0.3) is 0 Å². The van der Waals surface area contributed by atoms with Crippen molar-refractivity contribution < 1.29 is 9.59 Å². The summed E-state index contributed by atoms with van der Waals surface area (Å²) in [7, 11) is 0. The van der Waals surface area contributed by atoms with Gasteiger partial charge in [-0.25, -0.2) is 4.79 Å². The summed E-state index contributed by atoms with van der Waals surface area (Å²) >= 11 is 0. The molecule has 6 heteroatoms. The number of nitrogens with two attached hydrogens (primary N) is 2. The first-order chi connectivity index (χ1) is 9.04. The van der Waals surface area contributed by atoms with Crippen molar-refractivity contribution in [3.05, 3.63) is 29.8 Å². The van der Waals surface area contributed by atoms with Crippen LogP contribution >= 0.6 is 0 Å². The molecule has 19 heavy (non-hydrogen) atoms. The normalized spacial score (nSPS) is 9.95. The molecular weight excluding hydrogens is 244 g/mol. The molecule has 0 atom stereocenters. The van der Waals surface area contributed by atoms with Gasteiger partial charge in [-0.05, 0) is 18.1 Å². The van der Waals surface area contributed by atoms with Crippen molar-refractivity contribution in [2.45, 2.75) is 19.9 Å². The fourth-order valence-corrected chi connectivity index (χ4v) is 1.62. The summed E-state index contributed by atoms with van der Waals surface area (Å²) in [6, 6.07) is 6.90. The second-order valence-electron chi connectivity index (χ2n) is 4.25. The molecule has 5 N–H and O–H groups in total. The number of nitrogens with one attached hydrogen (secondary N) is 1. The van der Waals surface area contributed by atoms with Crippen LogP contribution in [0, 0.1) is 0 Å². The summed E-state index contributed by atoms with van der Waals surface area (Å²) in [5.41, 5.74) is 12.4. The first kappa shape index (κ1) is 14.8. The second-order valence-corrected chi connectivity index (χ2v) is 4.25. The van der Waals surface area contributed by atoms with E-state index in [2.05, 4.69) is 5.32 Å². The highest BCUT2D eigenvalue weighted by Gasteiger charge is 2.16. The lowest BCUT2D eigenvalue weighted by Crippen LogP contribution is -2.44. The molecule has 0 saturated carbocycles. The van der Waals surface area contributed by atoms with Crippen molar-refractivity contribution in [3.63, 3.8) is 0 Å². The van der Waals surface area contributed by atoms with Gasteiger partial charge in [0.1, 0.15) is 6.54 Å². The van der Waals surface area contributed by atoms with Crippen LogP contribution in [0.25, 0.3) is 0 Å². The second kappa shape index (κ2) is 7.25. The highest BCUT2D eigenvalue weighted by molar-refractivity contribution is 5.83. The van der Waals surface area contributed by atoms with Crippen molar-refractivity contribution in [2.75, 3.05) is 18.8 Å². The largest absolute Gasteiger partial charge is 0.398 e. The van der Waals surface area contributed by atoms with Crippen LogP contribution in [0.4, 0.5) is 10.5 Å². The molecular formula is C13H20N4O2. The third kappa shape index (κ3) is 4.87. The van der Waals surface area contributed by atoms with Gasteiger partial charge < -0.3 is 21.7 Å². The van der Waals surface area contributed by atoms with Gasteiger partial charge in [-0.2, -0.15) is 0 Å². The summed E-state index contributed by atoms with van der Waals surface area (Å²) < 4.78 is 0. The Morgan fingerprint density at radius 1 is 1.32 bits per heavy atom. The molecule has 0 aliphatic heterocycles. The highest BCUT2D eigenvalue weighted by Crippen LogP contribution is 2.13. The van der Waals surface area contributed by atoms with Crippen molar-refractivity contribution in [1.82, 2.24) is 10.2 Å². The standard InChI is InChI=1S/C13H20N4O2/c1-2-7-16-13(19)17(9-12(15)18)8-10-5-3-4-6-11(10)14/h3-6H,2,7-9,14H2,1H3,(H2,15,18)(H,16,19). The molecule has 0 bridgehead atoms. The summed E-state index contributed by atoms with van der Waals surface area (Å²) in [4.78, 5) is 24.3. The molecule has 0 fully saturated rings. The zero-order valence-corrected chi connectivity index (χ0v) is 11.1. The number of anilines is 1. The molecule has 104 valence electrons. The van der Waals surface area contributed by atoms with Crippen LogP contribution in [0.2, 0.25) is 0 Å². The number of rotatable bonds is 6. The number of hydrogen-bond acceptors (Lipinski definition) is 3. The van der Waals surface area contributed by atoms with Gasteiger partial charge >= 0.3 is 6.03 Å². The quantitative estimate of drug-likeness (QED) is 0.658. The number of nitrogen functional groups attached to an aromatic ring is 1. The molecule has 6 nitrogen and oxygen atoms in total. The molecule has 0 aromatic heterocycles. The number of hydrogen-bond donors (Lipinski definition) is 3. The number of carbonyl (C=O) groups is 2. The highest BCUT2D eigenvalue weighted by atomic mass is 16.2. The van der Waals surface area contributed by atoms with Gasteiger partial charge in [0, 0.05) is 18.8 Å². The fourth-order valence-electron chi connectivity index (χ4n) is 1.62. The number of para-hydroxylation sites is 1. The number of primary amides is 1. The molecule has 1 aromatic rings. The molecule has 0 aliphatic carbocycles. The molecule has 0 heterocycles. The van der Waals surface area contributed by atoms with Crippen molar-refractivity contribution in [2.24, 2.45) is 5.73 Å². The minimum absolute atomic E-state index is 0.135. The smallest absolute Gasteiger partial charge is 0.318 e. The van der Waals surface area contributed by atoms with Gasteiger partial charge in [-0.15, -0.1) is 0 Å². The molecule has 0 aliphatic rings. The van der Waals surface area contributed by atoms with Crippen LogP contribution in [-0.4, -0.2) is 29.9 Å². The number of carbonyl (C=O) groups excluding carboxylic acids is 2. The molecule has 0 saturated heterocycles. The summed E-state index contributed by atoms with van der Waals surface area (Å²) in [5, 5.41) is 2.72. The zero-order chi connectivity index (χ0) is 14.3. The Morgan fingerprint density at radius 2 is 2.00 bits per heavy atom. The van der Waals surface area contributed by atoms with Gasteiger partial charge in [0.05, 0.1) is 0 Å². The zero-order valence-electron chi connectivity index (χ0n) is 11.1. The Balaban J connectivity index is 2.77. The van der Waals surface area contributed by atoms with Crippen LogP contribution in [0.15, 0.2) is 24.3 Å². The topological polar surface area (TPSA) is 101 Å². The maximum absolute atomic E-state index is 11.9. The van der Waals surface area contributed by atoms with E-state index >= 15 is 0 Å². The van der Waals surface area contributed by atoms with Crippen LogP contribution in [0.3, 0.4) is 0 Å². The number of benzene rings is 1. The molecule has 1 aromatic carbocycles. The average Bonchev–Trinajstić information content (AvgIpc) is 2.37. The SMILES string of the molecule is CCCNC(=O)N(CC(N)=O)Cc1ccccc1N. The van der Waals surface area contributed by atoms with Crippen molar-refractivity contribution in [3.8, 4) is 0 Å². The summed E-state index contributed by atoms with van der Waals surface area (Å²) in [6.45, 7) is 2.63. The van der Waals surface area contributed by atoms with E-state index in [0.717, 1.165) is 12.0 Å². The van der Waals surface area contributed by atoms with Gasteiger partial charge in [-0.1, -0.05) is 25.1 Å². The van der Waals surface area contributed by atoms with Crippen molar-refractivity contribution >= 4 is 17.6 Å². The summed E-state index contributed by atoms with van der Waals surface area (Å²) in [6.07, 6.45) is 0.823. The van der Waals surface area contributed by atoms with Crippen molar-refractivity contribution in [1.29, 1.82) is 0 Å². The molecule has 0 spiro atoms. The Bertz CT molecular complexity index is 448. The first-order valence-electron chi connectivity index (χ1n) is 6.19. The molecule has 0 unspecified atom stereocenters. The predicted octanol–water partition coefficient (Wildman–Crippen LogP) is 0.676. The predicted molar refractivity (Wildman–Crippen MR) is 74.1 cm³/mol. The Labute approximate surface area is 112 Å². The van der Waals surface area contributed by atoms with E-state index in [1.165, 1.54) is 4.90 Å². The monoisotopic (exact) mass is 264 g/mol. The molecule has 1 rings (SSSR count). The van der Waals surface area contributed by atoms with Crippen LogP contribution in [0.5, 0.6) is 0 Å².